The minimum Gasteiger partial charge on any atom is -0.465 e. The lowest BCUT2D eigenvalue weighted by Crippen LogP contribution is -2.20. The van der Waals surface area contributed by atoms with Crippen molar-refractivity contribution < 1.29 is 19.2 Å². The monoisotopic (exact) mass is 380 g/mol. The number of esters is 1. The number of nitrogens with one attached hydrogen (secondary N) is 1. The zero-order valence-corrected chi connectivity index (χ0v) is 14.9. The van der Waals surface area contributed by atoms with Crippen LogP contribution in [0, 0.1) is 10.1 Å². The Morgan fingerprint density at radius 1 is 1.18 bits per heavy atom. The third kappa shape index (κ3) is 4.04. The van der Waals surface area contributed by atoms with Crippen molar-refractivity contribution in [1.82, 2.24) is 9.55 Å². The molecule has 0 aliphatic carbocycles. The van der Waals surface area contributed by atoms with Crippen LogP contribution in [0.5, 0.6) is 0 Å². The molecule has 28 heavy (non-hydrogen) atoms. The number of anilines is 1. The highest BCUT2D eigenvalue weighted by Crippen LogP contribution is 2.22. The molecule has 2 aromatic carbocycles. The molecule has 0 saturated carbocycles. The van der Waals surface area contributed by atoms with E-state index in [2.05, 4.69) is 10.3 Å². The molecule has 1 aromatic heterocycles. The Labute approximate surface area is 159 Å². The molecule has 0 bridgehead atoms. The first kappa shape index (κ1) is 18.8. The average Bonchev–Trinajstić information content (AvgIpc) is 3.15. The fourth-order valence-electron chi connectivity index (χ4n) is 2.67. The number of ether oxygens (including phenoxy) is 1. The summed E-state index contributed by atoms with van der Waals surface area (Å²) in [6, 6.07) is 12.5. The van der Waals surface area contributed by atoms with Crippen molar-refractivity contribution in [1.29, 1.82) is 0 Å². The van der Waals surface area contributed by atoms with Gasteiger partial charge < -0.3 is 14.6 Å². The molecule has 1 amide bonds. The number of para-hydroxylation sites is 1. The van der Waals surface area contributed by atoms with Crippen LogP contribution < -0.4 is 5.32 Å². The van der Waals surface area contributed by atoms with Gasteiger partial charge in [0.1, 0.15) is 6.54 Å². The Morgan fingerprint density at radius 3 is 2.57 bits per heavy atom. The number of benzene rings is 2. The molecule has 1 N–H and O–H groups in total. The maximum atomic E-state index is 12.5. The Hall–Kier alpha value is -4.01. The Balaban J connectivity index is 1.77. The van der Waals surface area contributed by atoms with Gasteiger partial charge in [0.05, 0.1) is 41.5 Å². The molecule has 0 aliphatic rings. The number of rotatable bonds is 6. The molecular weight excluding hydrogens is 364 g/mol. The molecule has 0 radical (unpaired) electrons. The van der Waals surface area contributed by atoms with Crippen LogP contribution in [0.1, 0.15) is 10.4 Å². The van der Waals surface area contributed by atoms with Crippen molar-refractivity contribution in [3.63, 3.8) is 0 Å². The Kier molecular flexibility index (Phi) is 5.45. The number of carbonyl (C=O) groups excluding carboxylic acids is 2. The van der Waals surface area contributed by atoms with Crippen molar-refractivity contribution >= 4 is 23.3 Å². The molecule has 0 spiro atoms. The number of nitro groups is 1. The minimum absolute atomic E-state index is 0.0213. The molecule has 0 aliphatic heterocycles. The predicted molar refractivity (Wildman–Crippen MR) is 101 cm³/mol. The standard InChI is InChI=1S/C19H16N4O5/c1-28-19(25)15-4-2-3-5-16(15)21-18(24)11-22-12-20-10-17(22)13-6-8-14(9-7-13)23(26)27/h2-10,12H,11H2,1H3,(H,21,24). The number of amides is 1. The number of nitrogens with zero attached hydrogens (tertiary/aromatic N) is 3. The lowest BCUT2D eigenvalue weighted by atomic mass is 10.1. The summed E-state index contributed by atoms with van der Waals surface area (Å²) in [6.45, 7) is -0.0537. The van der Waals surface area contributed by atoms with Gasteiger partial charge in [0.25, 0.3) is 5.69 Å². The average molecular weight is 380 g/mol. The van der Waals surface area contributed by atoms with E-state index in [1.165, 1.54) is 25.6 Å². The minimum atomic E-state index is -0.551. The number of hydrogen-bond donors (Lipinski definition) is 1. The van der Waals surface area contributed by atoms with Gasteiger partial charge in [-0.1, -0.05) is 12.1 Å². The van der Waals surface area contributed by atoms with Crippen molar-refractivity contribution in [2.75, 3.05) is 12.4 Å². The molecule has 3 rings (SSSR count). The smallest absolute Gasteiger partial charge is 0.339 e. The van der Waals surface area contributed by atoms with Gasteiger partial charge in [0.15, 0.2) is 0 Å². The van der Waals surface area contributed by atoms with Gasteiger partial charge in [-0.05, 0) is 24.3 Å². The van der Waals surface area contributed by atoms with Crippen molar-refractivity contribution in [3.8, 4) is 11.3 Å². The first-order chi connectivity index (χ1) is 13.5. The highest BCUT2D eigenvalue weighted by Gasteiger charge is 2.15. The summed E-state index contributed by atoms with van der Waals surface area (Å²) in [4.78, 5) is 38.6. The van der Waals surface area contributed by atoms with Gasteiger partial charge in [-0.15, -0.1) is 0 Å². The van der Waals surface area contributed by atoms with Gasteiger partial charge in [-0.25, -0.2) is 9.78 Å². The second kappa shape index (κ2) is 8.12. The lowest BCUT2D eigenvalue weighted by Gasteiger charge is -2.11. The fraction of sp³-hybridized carbons (Fsp3) is 0.105. The lowest BCUT2D eigenvalue weighted by molar-refractivity contribution is -0.384. The third-order valence-corrected chi connectivity index (χ3v) is 4.01. The normalized spacial score (nSPS) is 10.3. The van der Waals surface area contributed by atoms with Crippen LogP contribution in [-0.2, 0) is 16.1 Å². The zero-order chi connectivity index (χ0) is 20.1. The summed E-state index contributed by atoms with van der Waals surface area (Å²) in [6.07, 6.45) is 3.05. The van der Waals surface area contributed by atoms with Gasteiger partial charge in [-0.2, -0.15) is 0 Å². The Bertz CT molecular complexity index is 1030. The maximum Gasteiger partial charge on any atom is 0.339 e. The van der Waals surface area contributed by atoms with E-state index >= 15 is 0 Å². The fourth-order valence-corrected chi connectivity index (χ4v) is 2.67. The van der Waals surface area contributed by atoms with Crippen molar-refractivity contribution in [3.05, 3.63) is 76.7 Å². The number of hydrogen-bond acceptors (Lipinski definition) is 6. The van der Waals surface area contributed by atoms with Crippen molar-refractivity contribution in [2.24, 2.45) is 0 Å². The Morgan fingerprint density at radius 2 is 1.89 bits per heavy atom. The van der Waals surface area contributed by atoms with Gasteiger partial charge in [0.2, 0.25) is 5.91 Å². The second-order valence-electron chi connectivity index (χ2n) is 5.80. The van der Waals surface area contributed by atoms with Crippen LogP contribution in [0.3, 0.4) is 0 Å². The summed E-state index contributed by atoms with van der Waals surface area (Å²) < 4.78 is 6.32. The van der Waals surface area contributed by atoms with Crippen LogP contribution in [0.4, 0.5) is 11.4 Å². The number of non-ortho nitro benzene ring substituents is 1. The molecular formula is C19H16N4O5. The first-order valence-electron chi connectivity index (χ1n) is 8.21. The van der Waals surface area contributed by atoms with Gasteiger partial charge in [0, 0.05) is 17.7 Å². The quantitative estimate of drug-likeness (QED) is 0.399. The highest BCUT2D eigenvalue weighted by molar-refractivity contribution is 6.01. The first-order valence-corrected chi connectivity index (χ1v) is 8.21. The summed E-state index contributed by atoms with van der Waals surface area (Å²) in [7, 11) is 1.27. The predicted octanol–water partition coefficient (Wildman–Crippen LogP) is 2.88. The molecule has 3 aromatic rings. The van der Waals surface area contributed by atoms with E-state index in [9.17, 15) is 19.7 Å². The largest absolute Gasteiger partial charge is 0.465 e. The molecule has 9 heteroatoms. The van der Waals surface area contributed by atoms with E-state index in [0.29, 0.717) is 16.9 Å². The SMILES string of the molecule is COC(=O)c1ccccc1NC(=O)Cn1cncc1-c1ccc([N+](=O)[O-])cc1. The van der Waals surface area contributed by atoms with E-state index in [-0.39, 0.29) is 23.7 Å². The zero-order valence-electron chi connectivity index (χ0n) is 14.9. The number of methoxy groups -OCH3 is 1. The number of aromatic nitrogens is 2. The van der Waals surface area contributed by atoms with E-state index in [4.69, 9.17) is 4.74 Å². The van der Waals surface area contributed by atoms with Crippen LogP contribution in [0.15, 0.2) is 61.1 Å². The van der Waals surface area contributed by atoms with Crippen LogP contribution in [0.2, 0.25) is 0 Å². The second-order valence-corrected chi connectivity index (χ2v) is 5.80. The van der Waals surface area contributed by atoms with Crippen molar-refractivity contribution in [2.45, 2.75) is 6.54 Å². The molecule has 142 valence electrons. The van der Waals surface area contributed by atoms with E-state index < -0.39 is 10.9 Å². The molecule has 0 unspecified atom stereocenters. The van der Waals surface area contributed by atoms with Crippen LogP contribution in [-0.4, -0.2) is 33.5 Å². The molecule has 0 fully saturated rings. The van der Waals surface area contributed by atoms with Crippen LogP contribution >= 0.6 is 0 Å². The number of carbonyl (C=O) groups is 2. The van der Waals surface area contributed by atoms with Crippen LogP contribution in [0.25, 0.3) is 11.3 Å². The van der Waals surface area contributed by atoms with E-state index in [1.807, 2.05) is 0 Å². The van der Waals surface area contributed by atoms with Gasteiger partial charge in [-0.3, -0.25) is 14.9 Å². The summed E-state index contributed by atoms with van der Waals surface area (Å²) in [5.74, 6) is -0.914. The molecule has 1 heterocycles. The maximum absolute atomic E-state index is 12.5. The summed E-state index contributed by atoms with van der Waals surface area (Å²) in [5, 5.41) is 13.5. The molecule has 9 nitrogen and oxygen atoms in total. The van der Waals surface area contributed by atoms with E-state index in [0.717, 1.165) is 0 Å². The van der Waals surface area contributed by atoms with Gasteiger partial charge >= 0.3 is 5.97 Å². The van der Waals surface area contributed by atoms with E-state index in [1.54, 1.807) is 47.2 Å². The summed E-state index contributed by atoms with van der Waals surface area (Å²) >= 11 is 0. The highest BCUT2D eigenvalue weighted by atomic mass is 16.6. The summed E-state index contributed by atoms with van der Waals surface area (Å²) in [5.41, 5.74) is 1.89. The third-order valence-electron chi connectivity index (χ3n) is 4.01. The molecule has 0 atom stereocenters. The topological polar surface area (TPSA) is 116 Å². The number of imidazole rings is 1. The molecule has 0 saturated heterocycles. The number of nitro benzene ring substituents is 1.